The third kappa shape index (κ3) is 2.92. The van der Waals surface area contributed by atoms with Crippen molar-refractivity contribution in [2.24, 2.45) is 0 Å². The highest BCUT2D eigenvalue weighted by Crippen LogP contribution is 2.37. The summed E-state index contributed by atoms with van der Waals surface area (Å²) in [7, 11) is 0. The lowest BCUT2D eigenvalue weighted by Crippen LogP contribution is -2.35. The average Bonchev–Trinajstić information content (AvgIpc) is 3.11. The summed E-state index contributed by atoms with van der Waals surface area (Å²) in [5.41, 5.74) is 2.81. The fourth-order valence-corrected chi connectivity index (χ4v) is 4.40. The summed E-state index contributed by atoms with van der Waals surface area (Å²) in [6.45, 7) is 11.3. The van der Waals surface area contributed by atoms with Crippen LogP contribution in [0.3, 0.4) is 0 Å². The van der Waals surface area contributed by atoms with Gasteiger partial charge in [0.15, 0.2) is 0 Å². The molecule has 4 rings (SSSR count). The smallest absolute Gasteiger partial charge is 0.261 e. The number of benzene rings is 2. The Hall–Kier alpha value is -3.28. The number of amides is 4. The molecule has 0 saturated carbocycles. The Balaban J connectivity index is 1.76. The summed E-state index contributed by atoms with van der Waals surface area (Å²) in [5.74, 6) is -1.10. The molecule has 2 aromatic rings. The van der Waals surface area contributed by atoms with Crippen molar-refractivity contribution in [2.75, 3.05) is 0 Å². The lowest BCUT2D eigenvalue weighted by molar-refractivity contribution is 0.0592. The van der Waals surface area contributed by atoms with Gasteiger partial charge in [-0.05, 0) is 63.1 Å². The number of carbonyl (C=O) groups is 4. The fraction of sp³-hybridized carbons (Fsp3) is 0.360. The summed E-state index contributed by atoms with van der Waals surface area (Å²) in [6.07, 6.45) is 0. The third-order valence-electron chi connectivity index (χ3n) is 6.31. The zero-order valence-electron chi connectivity index (χ0n) is 18.6. The molecule has 0 aromatic heterocycles. The lowest BCUT2D eigenvalue weighted by atomic mass is 9.76. The van der Waals surface area contributed by atoms with Crippen molar-refractivity contribution in [3.05, 3.63) is 69.8 Å². The molecule has 0 saturated heterocycles. The number of rotatable bonds is 4. The highest BCUT2D eigenvalue weighted by atomic mass is 16.2. The number of hydrogen-bond acceptors (Lipinski definition) is 4. The maximum Gasteiger partial charge on any atom is 0.261 e. The zero-order valence-corrected chi connectivity index (χ0v) is 18.6. The van der Waals surface area contributed by atoms with Gasteiger partial charge < -0.3 is 0 Å². The van der Waals surface area contributed by atoms with E-state index in [0.717, 1.165) is 11.1 Å². The van der Waals surface area contributed by atoms with Gasteiger partial charge in [-0.25, -0.2) is 0 Å². The highest BCUT2D eigenvalue weighted by molar-refractivity contribution is 6.22. The number of imide groups is 2. The monoisotopic (exact) mass is 418 g/mol. The van der Waals surface area contributed by atoms with E-state index in [2.05, 4.69) is 0 Å². The molecule has 31 heavy (non-hydrogen) atoms. The van der Waals surface area contributed by atoms with Crippen LogP contribution in [0.4, 0.5) is 0 Å². The van der Waals surface area contributed by atoms with E-state index >= 15 is 0 Å². The van der Waals surface area contributed by atoms with Gasteiger partial charge in [0.05, 0.1) is 22.3 Å². The van der Waals surface area contributed by atoms with Gasteiger partial charge in [-0.3, -0.25) is 29.0 Å². The van der Waals surface area contributed by atoms with Gasteiger partial charge in [-0.2, -0.15) is 0 Å². The average molecular weight is 418 g/mol. The minimum absolute atomic E-state index is 0.215. The summed E-state index contributed by atoms with van der Waals surface area (Å²) in [6, 6.07) is 10.2. The molecule has 4 amide bonds. The van der Waals surface area contributed by atoms with E-state index in [0.29, 0.717) is 22.3 Å². The molecule has 0 atom stereocenters. The standard InChI is InChI=1S/C25H26N2O4/c1-13(2)26-21(28)17-9-7-15(11-19(17)23(26)30)25(5,6)16-8-10-18-20(12-16)24(31)27(14(3)4)22(18)29/h7-14H,1-6H3. The lowest BCUT2D eigenvalue weighted by Gasteiger charge is -2.27. The molecule has 0 bridgehead atoms. The van der Waals surface area contributed by atoms with Crippen LogP contribution in [0.5, 0.6) is 0 Å². The molecule has 0 aliphatic carbocycles. The van der Waals surface area contributed by atoms with Gasteiger partial charge in [0.2, 0.25) is 0 Å². The minimum Gasteiger partial charge on any atom is -0.272 e. The molecule has 0 spiro atoms. The SMILES string of the molecule is CC(C)N1C(=O)c2ccc(C(C)(C)c3ccc4c(c3)C(=O)N(C(C)C)C4=O)cc2C1=O. The molecule has 0 radical (unpaired) electrons. The molecule has 160 valence electrons. The van der Waals surface area contributed by atoms with Crippen molar-refractivity contribution < 1.29 is 19.2 Å². The topological polar surface area (TPSA) is 74.8 Å². The van der Waals surface area contributed by atoms with Crippen LogP contribution in [0.25, 0.3) is 0 Å². The molecule has 6 nitrogen and oxygen atoms in total. The number of nitrogens with zero attached hydrogens (tertiary/aromatic N) is 2. The molecule has 2 aromatic carbocycles. The zero-order chi connectivity index (χ0) is 22.8. The summed E-state index contributed by atoms with van der Waals surface area (Å²) in [5, 5.41) is 0. The van der Waals surface area contributed by atoms with E-state index in [1.54, 1.807) is 24.3 Å². The quantitative estimate of drug-likeness (QED) is 0.703. The van der Waals surface area contributed by atoms with Gasteiger partial charge >= 0.3 is 0 Å². The second-order valence-electron chi connectivity index (χ2n) is 9.29. The van der Waals surface area contributed by atoms with Crippen molar-refractivity contribution in [2.45, 2.75) is 59.0 Å². The molecular weight excluding hydrogens is 392 g/mol. The van der Waals surface area contributed by atoms with Gasteiger partial charge in [0, 0.05) is 17.5 Å². The third-order valence-corrected chi connectivity index (χ3v) is 6.31. The van der Waals surface area contributed by atoms with Crippen LogP contribution in [-0.4, -0.2) is 45.5 Å². The van der Waals surface area contributed by atoms with Crippen LogP contribution in [0.2, 0.25) is 0 Å². The summed E-state index contributed by atoms with van der Waals surface area (Å²) < 4.78 is 0. The maximum absolute atomic E-state index is 12.8. The Kier molecular flexibility index (Phi) is 4.65. The second-order valence-corrected chi connectivity index (χ2v) is 9.29. The molecule has 0 fully saturated rings. The Labute approximate surface area is 181 Å². The van der Waals surface area contributed by atoms with Crippen molar-refractivity contribution >= 4 is 23.6 Å². The Morgan fingerprint density at radius 3 is 1.23 bits per heavy atom. The number of hydrogen-bond donors (Lipinski definition) is 0. The molecule has 2 aliphatic rings. The van der Waals surface area contributed by atoms with E-state index in [-0.39, 0.29) is 35.7 Å². The van der Waals surface area contributed by atoms with Gasteiger partial charge in [0.25, 0.3) is 23.6 Å². The van der Waals surface area contributed by atoms with E-state index < -0.39 is 5.41 Å². The molecule has 2 heterocycles. The second kappa shape index (κ2) is 6.87. The van der Waals surface area contributed by atoms with Crippen LogP contribution >= 0.6 is 0 Å². The normalized spacial score (nSPS) is 16.1. The predicted molar refractivity (Wildman–Crippen MR) is 116 cm³/mol. The first-order valence-electron chi connectivity index (χ1n) is 10.5. The molecule has 2 aliphatic heterocycles. The molecular formula is C25H26N2O4. The van der Waals surface area contributed by atoms with E-state index in [4.69, 9.17) is 0 Å². The first kappa shape index (κ1) is 21.0. The van der Waals surface area contributed by atoms with Crippen molar-refractivity contribution in [1.82, 2.24) is 9.80 Å². The minimum atomic E-state index is -0.548. The first-order valence-corrected chi connectivity index (χ1v) is 10.5. The van der Waals surface area contributed by atoms with Gasteiger partial charge in [0.1, 0.15) is 0 Å². The van der Waals surface area contributed by atoms with Gasteiger partial charge in [-0.1, -0.05) is 26.0 Å². The first-order chi connectivity index (χ1) is 14.5. The largest absolute Gasteiger partial charge is 0.272 e. The van der Waals surface area contributed by atoms with Gasteiger partial charge in [-0.15, -0.1) is 0 Å². The van der Waals surface area contributed by atoms with Crippen molar-refractivity contribution in [3.63, 3.8) is 0 Å². The van der Waals surface area contributed by atoms with Crippen LogP contribution in [0.15, 0.2) is 36.4 Å². The summed E-state index contributed by atoms with van der Waals surface area (Å²) >= 11 is 0. The van der Waals surface area contributed by atoms with Crippen molar-refractivity contribution in [3.8, 4) is 0 Å². The van der Waals surface area contributed by atoms with Crippen LogP contribution in [0.1, 0.15) is 94.1 Å². The fourth-order valence-electron chi connectivity index (χ4n) is 4.40. The summed E-state index contributed by atoms with van der Waals surface area (Å²) in [4.78, 5) is 53.4. The van der Waals surface area contributed by atoms with Crippen LogP contribution in [-0.2, 0) is 5.41 Å². The Bertz CT molecular complexity index is 1070. The molecule has 6 heteroatoms. The Morgan fingerprint density at radius 2 is 0.903 bits per heavy atom. The molecule has 0 unspecified atom stereocenters. The Morgan fingerprint density at radius 1 is 0.581 bits per heavy atom. The number of fused-ring (bicyclic) bond motifs is 2. The maximum atomic E-state index is 12.8. The van der Waals surface area contributed by atoms with E-state index in [1.165, 1.54) is 9.80 Å². The number of carbonyl (C=O) groups excluding carboxylic acids is 4. The van der Waals surface area contributed by atoms with E-state index in [9.17, 15) is 19.2 Å². The predicted octanol–water partition coefficient (Wildman–Crippen LogP) is 4.02. The van der Waals surface area contributed by atoms with Crippen LogP contribution in [0, 0.1) is 0 Å². The van der Waals surface area contributed by atoms with Crippen LogP contribution < -0.4 is 0 Å². The van der Waals surface area contributed by atoms with Crippen molar-refractivity contribution in [1.29, 1.82) is 0 Å². The molecule has 0 N–H and O–H groups in total. The highest BCUT2D eigenvalue weighted by Gasteiger charge is 2.40. The van der Waals surface area contributed by atoms with E-state index in [1.807, 2.05) is 53.7 Å².